The number of halogens is 1. The molecular formula is C7H7ClN4. The lowest BCUT2D eigenvalue weighted by atomic mass is 10.4. The summed E-state index contributed by atoms with van der Waals surface area (Å²) in [5, 5.41) is 8.26. The van der Waals surface area contributed by atoms with Gasteiger partial charge in [-0.05, 0) is 0 Å². The maximum Gasteiger partial charge on any atom is 0.198 e. The highest BCUT2D eigenvalue weighted by Crippen LogP contribution is 2.11. The molecule has 0 radical (unpaired) electrons. The summed E-state index contributed by atoms with van der Waals surface area (Å²) in [6.07, 6.45) is 4.28. The first kappa shape index (κ1) is 7.49. The summed E-state index contributed by atoms with van der Waals surface area (Å²) in [6.45, 7) is 2.02. The lowest BCUT2D eigenvalue weighted by Gasteiger charge is -1.94. The minimum absolute atomic E-state index is 0.393. The fraction of sp³-hybridized carbons (Fsp3) is 0.286. The minimum Gasteiger partial charge on any atom is -0.282 e. The highest BCUT2D eigenvalue weighted by molar-refractivity contribution is 6.32. The summed E-state index contributed by atoms with van der Waals surface area (Å²) in [5.41, 5.74) is 0.621. The lowest BCUT2D eigenvalue weighted by Crippen LogP contribution is -1.92. The van der Waals surface area contributed by atoms with Crippen LogP contribution in [0.4, 0.5) is 0 Å². The van der Waals surface area contributed by atoms with Crippen LogP contribution in [0.5, 0.6) is 0 Å². The number of hydrogen-bond acceptors (Lipinski definition) is 3. The van der Waals surface area contributed by atoms with Crippen molar-refractivity contribution in [1.82, 2.24) is 19.6 Å². The maximum atomic E-state index is 5.79. The van der Waals surface area contributed by atoms with Gasteiger partial charge in [0.15, 0.2) is 10.8 Å². The Morgan fingerprint density at radius 2 is 2.33 bits per heavy atom. The summed E-state index contributed by atoms with van der Waals surface area (Å²) < 4.78 is 1.84. The van der Waals surface area contributed by atoms with Gasteiger partial charge in [0.2, 0.25) is 0 Å². The molecule has 0 N–H and O–H groups in total. The Labute approximate surface area is 74.2 Å². The molecule has 0 unspecified atom stereocenters. The van der Waals surface area contributed by atoms with Gasteiger partial charge in [0.1, 0.15) is 5.82 Å². The van der Waals surface area contributed by atoms with Crippen LogP contribution < -0.4 is 0 Å². The molecule has 0 saturated carbocycles. The van der Waals surface area contributed by atoms with Crippen LogP contribution in [0.25, 0.3) is 5.65 Å². The normalized spacial score (nSPS) is 10.8. The maximum absolute atomic E-state index is 5.79. The van der Waals surface area contributed by atoms with Crippen molar-refractivity contribution in [1.29, 1.82) is 0 Å². The monoisotopic (exact) mass is 182 g/mol. The van der Waals surface area contributed by atoms with E-state index in [1.807, 2.05) is 11.3 Å². The summed E-state index contributed by atoms with van der Waals surface area (Å²) >= 11 is 5.79. The number of fused-ring (bicyclic) bond motifs is 1. The number of aryl methyl sites for hydroxylation is 1. The molecule has 2 aromatic heterocycles. The Bertz CT molecular complexity index is 409. The Kier molecular flexibility index (Phi) is 1.69. The second-order valence-corrected chi connectivity index (χ2v) is 2.74. The second-order valence-electron chi connectivity index (χ2n) is 2.38. The highest BCUT2D eigenvalue weighted by Gasteiger charge is 2.05. The molecule has 0 fully saturated rings. The average Bonchev–Trinajstić information content (AvgIpc) is 2.49. The molecule has 0 aromatic carbocycles. The van der Waals surface area contributed by atoms with Crippen LogP contribution in [0.3, 0.4) is 0 Å². The molecule has 5 heteroatoms. The number of nitrogens with zero attached hydrogens (tertiary/aromatic N) is 4. The fourth-order valence-corrected chi connectivity index (χ4v) is 1.27. The van der Waals surface area contributed by atoms with Crippen molar-refractivity contribution in [3.8, 4) is 0 Å². The molecule has 0 spiro atoms. The van der Waals surface area contributed by atoms with Crippen LogP contribution in [-0.4, -0.2) is 19.6 Å². The Hall–Kier alpha value is -1.16. The Morgan fingerprint density at radius 1 is 1.50 bits per heavy atom. The van der Waals surface area contributed by atoms with Crippen LogP contribution in [0.2, 0.25) is 5.15 Å². The van der Waals surface area contributed by atoms with Gasteiger partial charge in [-0.25, -0.2) is 4.98 Å². The largest absolute Gasteiger partial charge is 0.282 e. The third-order valence-electron chi connectivity index (χ3n) is 1.67. The van der Waals surface area contributed by atoms with E-state index in [1.165, 1.54) is 0 Å². The van der Waals surface area contributed by atoms with Gasteiger partial charge in [0.25, 0.3) is 0 Å². The van der Waals surface area contributed by atoms with E-state index in [4.69, 9.17) is 11.6 Å². The SMILES string of the molecule is CCc1nnc2c(Cl)nccn12. The van der Waals surface area contributed by atoms with Crippen LogP contribution in [-0.2, 0) is 6.42 Å². The van der Waals surface area contributed by atoms with Crippen molar-refractivity contribution in [2.75, 3.05) is 0 Å². The zero-order valence-corrected chi connectivity index (χ0v) is 7.28. The van der Waals surface area contributed by atoms with E-state index in [0.29, 0.717) is 10.8 Å². The molecule has 0 aliphatic carbocycles. The van der Waals surface area contributed by atoms with E-state index in [1.54, 1.807) is 12.4 Å². The molecule has 62 valence electrons. The van der Waals surface area contributed by atoms with Crippen molar-refractivity contribution in [2.45, 2.75) is 13.3 Å². The topological polar surface area (TPSA) is 43.1 Å². The molecule has 12 heavy (non-hydrogen) atoms. The molecule has 0 saturated heterocycles. The lowest BCUT2D eigenvalue weighted by molar-refractivity contribution is 0.906. The molecule has 0 aliphatic heterocycles. The van der Waals surface area contributed by atoms with E-state index in [0.717, 1.165) is 12.2 Å². The first-order valence-electron chi connectivity index (χ1n) is 3.67. The number of hydrogen-bond donors (Lipinski definition) is 0. The fourth-order valence-electron chi connectivity index (χ4n) is 1.09. The van der Waals surface area contributed by atoms with Crippen LogP contribution in [0, 0.1) is 0 Å². The van der Waals surface area contributed by atoms with Crippen LogP contribution >= 0.6 is 11.6 Å². The molecule has 4 nitrogen and oxygen atoms in total. The van der Waals surface area contributed by atoms with Crippen molar-refractivity contribution in [3.63, 3.8) is 0 Å². The van der Waals surface area contributed by atoms with Gasteiger partial charge >= 0.3 is 0 Å². The standard InChI is InChI=1S/C7H7ClN4/c1-2-5-10-11-7-6(8)9-3-4-12(5)7/h3-4H,2H2,1H3. The van der Waals surface area contributed by atoms with Gasteiger partial charge in [-0.2, -0.15) is 0 Å². The molecule has 0 atom stereocenters. The molecular weight excluding hydrogens is 176 g/mol. The van der Waals surface area contributed by atoms with Crippen molar-refractivity contribution >= 4 is 17.2 Å². The van der Waals surface area contributed by atoms with Gasteiger partial charge in [0.05, 0.1) is 0 Å². The number of aromatic nitrogens is 4. The molecule has 0 aliphatic rings. The third kappa shape index (κ3) is 0.956. The van der Waals surface area contributed by atoms with Gasteiger partial charge in [-0.3, -0.25) is 4.40 Å². The first-order chi connectivity index (χ1) is 5.83. The van der Waals surface area contributed by atoms with Crippen molar-refractivity contribution < 1.29 is 0 Å². The first-order valence-corrected chi connectivity index (χ1v) is 4.05. The van der Waals surface area contributed by atoms with E-state index in [9.17, 15) is 0 Å². The average molecular weight is 183 g/mol. The molecule has 2 rings (SSSR count). The van der Waals surface area contributed by atoms with Crippen molar-refractivity contribution in [3.05, 3.63) is 23.4 Å². The zero-order valence-electron chi connectivity index (χ0n) is 6.53. The number of rotatable bonds is 1. The summed E-state index contributed by atoms with van der Waals surface area (Å²) in [5.74, 6) is 0.898. The molecule has 2 aromatic rings. The third-order valence-corrected chi connectivity index (χ3v) is 1.94. The predicted molar refractivity (Wildman–Crippen MR) is 45.2 cm³/mol. The Balaban J connectivity index is 2.80. The highest BCUT2D eigenvalue weighted by atomic mass is 35.5. The molecule has 0 bridgehead atoms. The Morgan fingerprint density at radius 3 is 3.08 bits per heavy atom. The predicted octanol–water partition coefficient (Wildman–Crippen LogP) is 1.34. The zero-order chi connectivity index (χ0) is 8.55. The van der Waals surface area contributed by atoms with Gasteiger partial charge in [-0.1, -0.05) is 18.5 Å². The van der Waals surface area contributed by atoms with Crippen LogP contribution in [0.15, 0.2) is 12.4 Å². The quantitative estimate of drug-likeness (QED) is 0.669. The molecule has 0 amide bonds. The van der Waals surface area contributed by atoms with E-state index >= 15 is 0 Å². The van der Waals surface area contributed by atoms with Gasteiger partial charge in [0, 0.05) is 18.8 Å². The van der Waals surface area contributed by atoms with Crippen LogP contribution in [0.1, 0.15) is 12.7 Å². The van der Waals surface area contributed by atoms with Crippen molar-refractivity contribution in [2.24, 2.45) is 0 Å². The van der Waals surface area contributed by atoms with Gasteiger partial charge < -0.3 is 0 Å². The summed E-state index contributed by atoms with van der Waals surface area (Å²) in [4.78, 5) is 3.90. The summed E-state index contributed by atoms with van der Waals surface area (Å²) in [6, 6.07) is 0. The van der Waals surface area contributed by atoms with E-state index in [2.05, 4.69) is 15.2 Å². The second kappa shape index (κ2) is 2.71. The smallest absolute Gasteiger partial charge is 0.198 e. The van der Waals surface area contributed by atoms with E-state index < -0.39 is 0 Å². The van der Waals surface area contributed by atoms with E-state index in [-0.39, 0.29) is 0 Å². The summed E-state index contributed by atoms with van der Waals surface area (Å²) in [7, 11) is 0. The molecule has 2 heterocycles. The van der Waals surface area contributed by atoms with Gasteiger partial charge in [-0.15, -0.1) is 10.2 Å². The minimum atomic E-state index is 0.393.